The fourth-order valence-corrected chi connectivity index (χ4v) is 2.52. The van der Waals surface area contributed by atoms with Gasteiger partial charge in [-0.3, -0.25) is 19.0 Å². The smallest absolute Gasteiger partial charge is 0.264 e. The first kappa shape index (κ1) is 10.3. The highest BCUT2D eigenvalue weighted by Crippen LogP contribution is 2.24. The average molecular weight is 288 g/mol. The summed E-state index contributed by atoms with van der Waals surface area (Å²) in [6.45, 7) is -0.421. The number of hydrogen-bond donors (Lipinski definition) is 1. The van der Waals surface area contributed by atoms with Crippen molar-refractivity contribution in [1.82, 2.24) is 9.55 Å². The Morgan fingerprint density at radius 3 is 3.00 bits per heavy atom. The lowest BCUT2D eigenvalue weighted by molar-refractivity contribution is -0.132. The number of ketones is 2. The SMILES string of the molecule is [2H]Cc1nc2cc([2H])cc(N)c2c(=O)n1C1([2H])CCC(=O)CC1=O. The van der Waals surface area contributed by atoms with Crippen LogP contribution in [0.25, 0.3) is 10.9 Å². The lowest BCUT2D eigenvalue weighted by Crippen LogP contribution is -2.36. The highest BCUT2D eigenvalue weighted by molar-refractivity contribution is 6.03. The molecule has 1 saturated carbocycles. The maximum atomic E-state index is 12.9. The van der Waals surface area contributed by atoms with Gasteiger partial charge in [0.15, 0.2) is 5.78 Å². The van der Waals surface area contributed by atoms with Crippen LogP contribution in [0.2, 0.25) is 0 Å². The molecule has 0 spiro atoms. The second-order valence-corrected chi connectivity index (χ2v) is 4.92. The number of aromatic nitrogens is 2. The fraction of sp³-hybridized carbons (Fsp3) is 0.333. The van der Waals surface area contributed by atoms with Gasteiger partial charge in [-0.1, -0.05) is 6.04 Å². The molecule has 1 aliphatic rings. The van der Waals surface area contributed by atoms with Gasteiger partial charge in [0.2, 0.25) is 0 Å². The Morgan fingerprint density at radius 1 is 1.48 bits per heavy atom. The summed E-state index contributed by atoms with van der Waals surface area (Å²) in [5.74, 6) is -1.02. The number of anilines is 1. The zero-order valence-electron chi connectivity index (χ0n) is 14.2. The van der Waals surface area contributed by atoms with E-state index >= 15 is 0 Å². The number of benzene rings is 1. The summed E-state index contributed by atoms with van der Waals surface area (Å²) in [7, 11) is 0. The van der Waals surface area contributed by atoms with E-state index in [2.05, 4.69) is 4.98 Å². The van der Waals surface area contributed by atoms with Gasteiger partial charge in [0.1, 0.15) is 11.6 Å². The van der Waals surface area contributed by atoms with Crippen LogP contribution < -0.4 is 11.3 Å². The van der Waals surface area contributed by atoms with Crippen molar-refractivity contribution in [1.29, 1.82) is 0 Å². The van der Waals surface area contributed by atoms with Crippen LogP contribution in [0.5, 0.6) is 0 Å². The van der Waals surface area contributed by atoms with E-state index in [1.54, 1.807) is 0 Å². The molecule has 0 aliphatic heterocycles. The molecular weight excluding hydrogens is 270 g/mol. The Balaban J connectivity index is 2.36. The quantitative estimate of drug-likeness (QED) is 0.627. The van der Waals surface area contributed by atoms with Crippen molar-refractivity contribution in [3.05, 3.63) is 34.4 Å². The summed E-state index contributed by atoms with van der Waals surface area (Å²) in [5, 5.41) is 0.0134. The number of fused-ring (bicyclic) bond motifs is 1. The van der Waals surface area contributed by atoms with Crippen LogP contribution >= 0.6 is 0 Å². The van der Waals surface area contributed by atoms with Crippen molar-refractivity contribution in [2.45, 2.75) is 32.2 Å². The topological polar surface area (TPSA) is 95.0 Å². The van der Waals surface area contributed by atoms with Crippen LogP contribution in [0, 0.1) is 6.90 Å². The van der Waals surface area contributed by atoms with Gasteiger partial charge < -0.3 is 5.73 Å². The third-order valence-electron chi connectivity index (χ3n) is 3.52. The average Bonchev–Trinajstić information content (AvgIpc) is 2.50. The Kier molecular flexibility index (Phi) is 2.35. The van der Waals surface area contributed by atoms with Crippen molar-refractivity contribution in [3.63, 3.8) is 0 Å². The molecule has 0 amide bonds. The molecule has 0 saturated heterocycles. The predicted octanol–water partition coefficient (Wildman–Crippen LogP) is 1.15. The molecule has 6 nitrogen and oxygen atoms in total. The number of hydrogen-bond acceptors (Lipinski definition) is 5. The molecule has 0 radical (unpaired) electrons. The second kappa shape index (κ2) is 4.80. The van der Waals surface area contributed by atoms with Crippen molar-refractivity contribution < 1.29 is 13.7 Å². The summed E-state index contributed by atoms with van der Waals surface area (Å²) in [4.78, 5) is 40.8. The number of nitrogen functional groups attached to an aromatic ring is 1. The summed E-state index contributed by atoms with van der Waals surface area (Å²) in [6.07, 6.45) is -0.536. The Hall–Kier alpha value is -2.50. The Morgan fingerprint density at radius 2 is 2.29 bits per heavy atom. The normalized spacial score (nSPS) is 24.7. The zero-order valence-corrected chi connectivity index (χ0v) is 11.2. The maximum absolute atomic E-state index is 12.9. The van der Waals surface area contributed by atoms with E-state index in [-0.39, 0.29) is 47.1 Å². The van der Waals surface area contributed by atoms with Gasteiger partial charge in [-0.25, -0.2) is 4.98 Å². The molecule has 21 heavy (non-hydrogen) atoms. The number of aryl methyl sites for hydroxylation is 1. The van der Waals surface area contributed by atoms with Gasteiger partial charge in [0, 0.05) is 13.5 Å². The van der Waals surface area contributed by atoms with Crippen LogP contribution in [0.15, 0.2) is 23.0 Å². The second-order valence-electron chi connectivity index (χ2n) is 4.92. The van der Waals surface area contributed by atoms with E-state index in [9.17, 15) is 14.4 Å². The predicted molar refractivity (Wildman–Crippen MR) is 78.1 cm³/mol. The van der Waals surface area contributed by atoms with E-state index in [0.29, 0.717) is 0 Å². The lowest BCUT2D eigenvalue weighted by Gasteiger charge is -2.24. The molecule has 1 aliphatic carbocycles. The van der Waals surface area contributed by atoms with E-state index in [1.165, 1.54) is 12.1 Å². The molecule has 1 aromatic carbocycles. The van der Waals surface area contributed by atoms with Gasteiger partial charge in [0.25, 0.3) is 5.56 Å². The lowest BCUT2D eigenvalue weighted by atomic mass is 9.92. The first-order valence-corrected chi connectivity index (χ1v) is 6.44. The number of carbonyl (C=O) groups is 2. The standard InChI is InChI=1S/C15H15N3O3/c1-8-17-11-4-2-3-10(16)14(11)15(21)18(8)12-6-5-9(19)7-13(12)20/h2-4,12H,5-7,16H2,1H3/i1D,2D,12D. The molecule has 1 fully saturated rings. The number of carbonyl (C=O) groups excluding carboxylic acids is 2. The minimum absolute atomic E-state index is 0.0122. The number of rotatable bonds is 1. The van der Waals surface area contributed by atoms with Crippen LogP contribution in [0.1, 0.15) is 35.2 Å². The summed E-state index contributed by atoms with van der Waals surface area (Å²) >= 11 is 0. The van der Waals surface area contributed by atoms with Gasteiger partial charge >= 0.3 is 0 Å². The highest BCUT2D eigenvalue weighted by atomic mass is 16.2. The molecule has 6 heteroatoms. The molecule has 108 valence electrons. The number of Topliss-reactive ketones (excluding diaryl/α,β-unsaturated/α-hetero) is 2. The van der Waals surface area contributed by atoms with Crippen molar-refractivity contribution in [2.75, 3.05) is 5.73 Å². The van der Waals surface area contributed by atoms with Crippen molar-refractivity contribution in [3.8, 4) is 0 Å². The zero-order chi connectivity index (χ0) is 17.6. The van der Waals surface area contributed by atoms with E-state index in [1.807, 2.05) is 0 Å². The summed E-state index contributed by atoms with van der Waals surface area (Å²) in [6, 6.07) is 0.744. The van der Waals surface area contributed by atoms with Crippen LogP contribution in [0.3, 0.4) is 0 Å². The first-order valence-electron chi connectivity index (χ1n) is 8.15. The summed E-state index contributed by atoms with van der Waals surface area (Å²) < 4.78 is 24.6. The molecule has 0 bridgehead atoms. The molecule has 1 aromatic heterocycles. The Labute approximate surface area is 124 Å². The van der Waals surface area contributed by atoms with Gasteiger partial charge in [-0.15, -0.1) is 0 Å². The minimum Gasteiger partial charge on any atom is -0.398 e. The van der Waals surface area contributed by atoms with Crippen LogP contribution in [0.4, 0.5) is 5.69 Å². The van der Waals surface area contributed by atoms with E-state index < -0.39 is 30.7 Å². The van der Waals surface area contributed by atoms with Crippen LogP contribution in [-0.2, 0) is 9.59 Å². The van der Waals surface area contributed by atoms with Gasteiger partial charge in [-0.2, -0.15) is 0 Å². The molecule has 2 aromatic rings. The number of nitrogens with zero attached hydrogens (tertiary/aromatic N) is 2. The summed E-state index contributed by atoms with van der Waals surface area (Å²) in [5.41, 5.74) is 5.32. The third kappa shape index (κ3) is 2.12. The molecular formula is C15H15N3O3. The molecule has 3 rings (SSSR count). The third-order valence-corrected chi connectivity index (χ3v) is 3.52. The first-order chi connectivity index (χ1) is 11.3. The molecule has 1 unspecified atom stereocenters. The van der Waals surface area contributed by atoms with Crippen molar-refractivity contribution >= 4 is 28.2 Å². The monoisotopic (exact) mass is 288 g/mol. The molecule has 1 heterocycles. The van der Waals surface area contributed by atoms with E-state index in [0.717, 1.165) is 4.57 Å². The Bertz CT molecular complexity index is 941. The molecule has 2 N–H and O–H groups in total. The maximum Gasteiger partial charge on any atom is 0.264 e. The largest absolute Gasteiger partial charge is 0.398 e. The van der Waals surface area contributed by atoms with Crippen LogP contribution in [-0.4, -0.2) is 21.1 Å². The van der Waals surface area contributed by atoms with Gasteiger partial charge in [-0.05, 0) is 25.5 Å². The van der Waals surface area contributed by atoms with Crippen molar-refractivity contribution in [2.24, 2.45) is 0 Å². The van der Waals surface area contributed by atoms with Gasteiger partial charge in [0.05, 0.1) is 26.1 Å². The molecule has 1 atom stereocenters. The minimum atomic E-state index is -1.96. The fourth-order valence-electron chi connectivity index (χ4n) is 2.52. The van der Waals surface area contributed by atoms with E-state index in [4.69, 9.17) is 9.85 Å². The highest BCUT2D eigenvalue weighted by Gasteiger charge is 2.30. The number of nitrogens with two attached hydrogens (primary N) is 1.